The van der Waals surface area contributed by atoms with E-state index in [-0.39, 0.29) is 0 Å². The minimum absolute atomic E-state index is 0.832. The van der Waals surface area contributed by atoms with E-state index in [1.165, 1.54) is 12.8 Å². The van der Waals surface area contributed by atoms with Gasteiger partial charge in [0.25, 0.3) is 0 Å². The fraction of sp³-hybridized carbons (Fsp3) is 0.556. The van der Waals surface area contributed by atoms with Gasteiger partial charge in [0.2, 0.25) is 0 Å². The molecule has 0 N–H and O–H groups in total. The Balaban J connectivity index is 2.90. The first-order valence-electron chi connectivity index (χ1n) is 3.81. The second-order valence-electron chi connectivity index (χ2n) is 2.14. The van der Waals surface area contributed by atoms with Crippen LogP contribution in [0.4, 0.5) is 0 Å². The van der Waals surface area contributed by atoms with Crippen LogP contribution < -0.4 is 0 Å². The molecule has 0 aromatic carbocycles. The van der Waals surface area contributed by atoms with Crippen LogP contribution in [0.2, 0.25) is 0 Å². The standard InChI is InChI=1S/C9H16O/c1-3-5-7-9-10-8-6-4-2/h4,6,8H,2-3,5,7,9H2,1H3. The SMILES string of the molecule is C=CC=COCCCCC. The smallest absolute Gasteiger partial charge is 0.0873 e. The van der Waals surface area contributed by atoms with Crippen molar-refractivity contribution in [2.24, 2.45) is 0 Å². The van der Waals surface area contributed by atoms with Crippen LogP contribution in [0.1, 0.15) is 26.2 Å². The van der Waals surface area contributed by atoms with E-state index in [0.29, 0.717) is 0 Å². The molecule has 0 aromatic rings. The molecule has 0 aliphatic rings. The molecule has 0 fully saturated rings. The van der Waals surface area contributed by atoms with Gasteiger partial charge in [-0.15, -0.1) is 0 Å². The third-order valence-corrected chi connectivity index (χ3v) is 1.18. The van der Waals surface area contributed by atoms with Crippen LogP contribution in [0.25, 0.3) is 0 Å². The summed E-state index contributed by atoms with van der Waals surface area (Å²) in [4.78, 5) is 0. The van der Waals surface area contributed by atoms with Crippen LogP contribution in [0.5, 0.6) is 0 Å². The first kappa shape index (κ1) is 9.28. The molecule has 0 aliphatic carbocycles. The second kappa shape index (κ2) is 8.28. The van der Waals surface area contributed by atoms with Gasteiger partial charge in [-0.1, -0.05) is 32.4 Å². The average Bonchev–Trinajstić information content (AvgIpc) is 1.97. The third kappa shape index (κ3) is 7.28. The molecule has 0 radical (unpaired) electrons. The zero-order valence-electron chi connectivity index (χ0n) is 6.68. The maximum Gasteiger partial charge on any atom is 0.0873 e. The summed E-state index contributed by atoms with van der Waals surface area (Å²) in [5.41, 5.74) is 0. The fourth-order valence-corrected chi connectivity index (χ4v) is 0.615. The van der Waals surface area contributed by atoms with E-state index in [1.54, 1.807) is 18.4 Å². The lowest BCUT2D eigenvalue weighted by molar-refractivity contribution is 0.241. The number of hydrogen-bond acceptors (Lipinski definition) is 1. The van der Waals surface area contributed by atoms with Crippen LogP contribution in [-0.2, 0) is 4.74 Å². The molecule has 1 nitrogen and oxygen atoms in total. The number of ether oxygens (including phenoxy) is 1. The molecular formula is C9H16O. The Labute approximate surface area is 63.4 Å². The Bertz CT molecular complexity index is 94.9. The molecule has 0 spiro atoms. The van der Waals surface area contributed by atoms with E-state index in [4.69, 9.17) is 4.74 Å². The summed E-state index contributed by atoms with van der Waals surface area (Å²) in [6.07, 6.45) is 8.84. The maximum atomic E-state index is 5.12. The molecule has 58 valence electrons. The Hall–Kier alpha value is -0.720. The van der Waals surface area contributed by atoms with Gasteiger partial charge >= 0.3 is 0 Å². The van der Waals surface area contributed by atoms with Gasteiger partial charge in [-0.05, 0) is 12.5 Å². The summed E-state index contributed by atoms with van der Waals surface area (Å²) in [6.45, 7) is 6.54. The van der Waals surface area contributed by atoms with Crippen molar-refractivity contribution in [2.75, 3.05) is 6.61 Å². The molecule has 0 bridgehead atoms. The van der Waals surface area contributed by atoms with E-state index in [1.807, 2.05) is 0 Å². The predicted octanol–water partition coefficient (Wildman–Crippen LogP) is 2.89. The maximum absolute atomic E-state index is 5.12. The van der Waals surface area contributed by atoms with Crippen LogP contribution in [-0.4, -0.2) is 6.61 Å². The highest BCUT2D eigenvalue weighted by atomic mass is 16.5. The fourth-order valence-electron chi connectivity index (χ4n) is 0.615. The van der Waals surface area contributed by atoms with Crippen molar-refractivity contribution in [1.29, 1.82) is 0 Å². The van der Waals surface area contributed by atoms with Gasteiger partial charge in [-0.2, -0.15) is 0 Å². The molecule has 0 saturated heterocycles. The van der Waals surface area contributed by atoms with Gasteiger partial charge in [0.15, 0.2) is 0 Å². The van der Waals surface area contributed by atoms with Crippen molar-refractivity contribution in [1.82, 2.24) is 0 Å². The van der Waals surface area contributed by atoms with E-state index in [0.717, 1.165) is 13.0 Å². The Morgan fingerprint density at radius 2 is 2.20 bits per heavy atom. The molecule has 0 rings (SSSR count). The first-order chi connectivity index (χ1) is 4.91. The minimum Gasteiger partial charge on any atom is -0.501 e. The minimum atomic E-state index is 0.832. The molecule has 1 heteroatoms. The number of hydrogen-bond donors (Lipinski definition) is 0. The van der Waals surface area contributed by atoms with E-state index in [9.17, 15) is 0 Å². The van der Waals surface area contributed by atoms with E-state index in [2.05, 4.69) is 13.5 Å². The lowest BCUT2D eigenvalue weighted by atomic mass is 10.3. The van der Waals surface area contributed by atoms with Crippen molar-refractivity contribution in [2.45, 2.75) is 26.2 Å². The van der Waals surface area contributed by atoms with Crippen molar-refractivity contribution >= 4 is 0 Å². The highest BCUT2D eigenvalue weighted by Gasteiger charge is 1.81. The normalized spacial score (nSPS) is 10.1. The summed E-state index contributed by atoms with van der Waals surface area (Å²) in [6, 6.07) is 0. The van der Waals surface area contributed by atoms with Crippen LogP contribution in [0.3, 0.4) is 0 Å². The molecule has 0 unspecified atom stereocenters. The highest BCUT2D eigenvalue weighted by Crippen LogP contribution is 1.93. The highest BCUT2D eigenvalue weighted by molar-refractivity contribution is 4.92. The zero-order valence-corrected chi connectivity index (χ0v) is 6.68. The van der Waals surface area contributed by atoms with Crippen molar-refractivity contribution in [3.8, 4) is 0 Å². The largest absolute Gasteiger partial charge is 0.501 e. The number of rotatable bonds is 6. The Kier molecular flexibility index (Phi) is 7.68. The van der Waals surface area contributed by atoms with Gasteiger partial charge in [0, 0.05) is 0 Å². The molecule has 0 aromatic heterocycles. The number of allylic oxidation sites excluding steroid dienone is 2. The third-order valence-electron chi connectivity index (χ3n) is 1.18. The average molecular weight is 140 g/mol. The molecule has 0 amide bonds. The Morgan fingerprint density at radius 3 is 2.80 bits per heavy atom. The van der Waals surface area contributed by atoms with Gasteiger partial charge in [0.05, 0.1) is 12.9 Å². The van der Waals surface area contributed by atoms with Crippen molar-refractivity contribution in [3.63, 3.8) is 0 Å². The van der Waals surface area contributed by atoms with Crippen LogP contribution >= 0.6 is 0 Å². The first-order valence-corrected chi connectivity index (χ1v) is 3.81. The second-order valence-corrected chi connectivity index (χ2v) is 2.14. The summed E-state index contributed by atoms with van der Waals surface area (Å²) in [5.74, 6) is 0. The molecule has 0 heterocycles. The summed E-state index contributed by atoms with van der Waals surface area (Å²) in [7, 11) is 0. The quantitative estimate of drug-likeness (QED) is 0.313. The Morgan fingerprint density at radius 1 is 1.40 bits per heavy atom. The van der Waals surface area contributed by atoms with E-state index < -0.39 is 0 Å². The van der Waals surface area contributed by atoms with Gasteiger partial charge in [-0.3, -0.25) is 0 Å². The molecule has 0 atom stereocenters. The van der Waals surface area contributed by atoms with Crippen LogP contribution in [0, 0.1) is 0 Å². The molecule has 0 saturated carbocycles. The molecular weight excluding hydrogens is 124 g/mol. The van der Waals surface area contributed by atoms with E-state index >= 15 is 0 Å². The summed E-state index contributed by atoms with van der Waals surface area (Å²) in [5, 5.41) is 0. The number of unbranched alkanes of at least 4 members (excludes halogenated alkanes) is 2. The topological polar surface area (TPSA) is 9.23 Å². The van der Waals surface area contributed by atoms with Crippen molar-refractivity contribution in [3.05, 3.63) is 25.0 Å². The molecule has 10 heavy (non-hydrogen) atoms. The van der Waals surface area contributed by atoms with Crippen molar-refractivity contribution < 1.29 is 4.74 Å². The molecule has 0 aliphatic heterocycles. The zero-order chi connectivity index (χ0) is 7.66. The van der Waals surface area contributed by atoms with Gasteiger partial charge < -0.3 is 4.74 Å². The lowest BCUT2D eigenvalue weighted by Crippen LogP contribution is -1.85. The van der Waals surface area contributed by atoms with Gasteiger partial charge in [0.1, 0.15) is 0 Å². The summed E-state index contributed by atoms with van der Waals surface area (Å²) >= 11 is 0. The monoisotopic (exact) mass is 140 g/mol. The lowest BCUT2D eigenvalue weighted by Gasteiger charge is -1.97. The predicted molar refractivity (Wildman–Crippen MR) is 44.8 cm³/mol. The van der Waals surface area contributed by atoms with Crippen LogP contribution in [0.15, 0.2) is 25.0 Å². The summed E-state index contributed by atoms with van der Waals surface area (Å²) < 4.78 is 5.12. The van der Waals surface area contributed by atoms with Gasteiger partial charge in [-0.25, -0.2) is 0 Å².